The molecule has 2 nitrogen and oxygen atoms in total. The number of Topliss-reactive ketones (excluding diaryl/α,β-unsaturated/α-hetero) is 1. The quantitative estimate of drug-likeness (QED) is 0.604. The zero-order valence-electron chi connectivity index (χ0n) is 15.5. The molecule has 0 radical (unpaired) electrons. The van der Waals surface area contributed by atoms with Crippen LogP contribution in [-0.4, -0.2) is 12.4 Å². The van der Waals surface area contributed by atoms with Gasteiger partial charge in [0.05, 0.1) is 6.10 Å². The third kappa shape index (κ3) is 4.02. The molecule has 2 aromatic rings. The lowest BCUT2D eigenvalue weighted by Crippen LogP contribution is -2.41. The van der Waals surface area contributed by atoms with Crippen molar-refractivity contribution in [3.8, 4) is 0 Å². The molecule has 1 heterocycles. The molecule has 4 atom stereocenters. The molecule has 0 spiro atoms. The van der Waals surface area contributed by atoms with Crippen molar-refractivity contribution in [3.05, 3.63) is 70.7 Å². The summed E-state index contributed by atoms with van der Waals surface area (Å²) in [6, 6.07) is 18.2. The van der Waals surface area contributed by atoms with Crippen LogP contribution in [0.25, 0.3) is 0 Å². The molecule has 1 fully saturated rings. The number of hydrogen-bond donors (Lipinski definition) is 0. The molecule has 3 heteroatoms. The third-order valence-electron chi connectivity index (χ3n) is 5.56. The van der Waals surface area contributed by atoms with Crippen molar-refractivity contribution in [2.75, 3.05) is 6.61 Å². The Balaban J connectivity index is 2.06. The zero-order chi connectivity index (χ0) is 18.5. The van der Waals surface area contributed by atoms with Crippen LogP contribution in [0.15, 0.2) is 54.6 Å². The van der Waals surface area contributed by atoms with E-state index < -0.39 is 0 Å². The van der Waals surface area contributed by atoms with Crippen LogP contribution in [0.5, 0.6) is 0 Å². The minimum absolute atomic E-state index is 0.0138. The summed E-state index contributed by atoms with van der Waals surface area (Å²) < 4.78 is 6.09. The summed E-state index contributed by atoms with van der Waals surface area (Å²) >= 11 is 6.11. The number of carbonyl (C=O) groups excluding carboxylic acids is 1. The van der Waals surface area contributed by atoms with Gasteiger partial charge >= 0.3 is 0 Å². The molecule has 3 rings (SSSR count). The number of ether oxygens (including phenoxy) is 1. The second-order valence-corrected chi connectivity index (χ2v) is 7.61. The molecule has 2 aromatic carbocycles. The van der Waals surface area contributed by atoms with Gasteiger partial charge in [-0.1, -0.05) is 87.2 Å². The van der Waals surface area contributed by atoms with Crippen molar-refractivity contribution in [3.63, 3.8) is 0 Å². The van der Waals surface area contributed by atoms with Crippen LogP contribution in [-0.2, 0) is 9.53 Å². The summed E-state index contributed by atoms with van der Waals surface area (Å²) in [4.78, 5) is 12.9. The first-order chi connectivity index (χ1) is 12.7. The smallest absolute Gasteiger partial charge is 0.162 e. The molecule has 0 amide bonds. The predicted octanol–water partition coefficient (Wildman–Crippen LogP) is 6.21. The number of benzene rings is 2. The van der Waals surface area contributed by atoms with Gasteiger partial charge in [0.1, 0.15) is 6.61 Å². The highest BCUT2D eigenvalue weighted by atomic mass is 35.5. The minimum atomic E-state index is -0.106. The standard InChI is InChI=1S/C23H27ClO2/c1-3-8-16(4-2)21-20(25)15-26-23(18-9-6-5-7-10-18)22(21)17-11-13-19(24)14-12-17/h5-7,9-14,16,21-23H,3-4,8,15H2,1-2H3/t16-,21?,22-,23-/m0/s1. The van der Waals surface area contributed by atoms with Crippen LogP contribution >= 0.6 is 11.6 Å². The topological polar surface area (TPSA) is 26.3 Å². The van der Waals surface area contributed by atoms with E-state index in [0.29, 0.717) is 10.9 Å². The molecule has 0 N–H and O–H groups in total. The molecule has 0 aromatic heterocycles. The highest BCUT2D eigenvalue weighted by molar-refractivity contribution is 6.30. The number of ketones is 1. The van der Waals surface area contributed by atoms with Crippen molar-refractivity contribution in [2.24, 2.45) is 11.8 Å². The maximum absolute atomic E-state index is 12.9. The molecule has 0 saturated carbocycles. The summed E-state index contributed by atoms with van der Waals surface area (Å²) in [6.07, 6.45) is 3.06. The van der Waals surface area contributed by atoms with Crippen LogP contribution in [0, 0.1) is 11.8 Å². The van der Waals surface area contributed by atoms with Gasteiger partial charge in [-0.05, 0) is 29.2 Å². The van der Waals surface area contributed by atoms with Gasteiger partial charge in [-0.2, -0.15) is 0 Å². The highest BCUT2D eigenvalue weighted by Gasteiger charge is 2.44. The van der Waals surface area contributed by atoms with E-state index in [0.717, 1.165) is 30.4 Å². The van der Waals surface area contributed by atoms with E-state index in [1.807, 2.05) is 30.3 Å². The maximum atomic E-state index is 12.9. The number of halogens is 1. The third-order valence-corrected chi connectivity index (χ3v) is 5.82. The molecule has 1 aliphatic rings. The van der Waals surface area contributed by atoms with E-state index in [1.165, 1.54) is 0 Å². The van der Waals surface area contributed by atoms with Crippen LogP contribution in [0.4, 0.5) is 0 Å². The van der Waals surface area contributed by atoms with Crippen molar-refractivity contribution < 1.29 is 9.53 Å². The molecule has 0 aliphatic carbocycles. The van der Waals surface area contributed by atoms with E-state index in [1.54, 1.807) is 0 Å². The normalized spacial score (nSPS) is 24.4. The maximum Gasteiger partial charge on any atom is 0.162 e. The van der Waals surface area contributed by atoms with E-state index in [2.05, 4.69) is 38.1 Å². The van der Waals surface area contributed by atoms with Gasteiger partial charge in [0.25, 0.3) is 0 Å². The SMILES string of the molecule is CCC[C@H](CC)C1C(=O)CO[C@@H](c2ccccc2)[C@H]1c1ccc(Cl)cc1. The molecule has 0 bridgehead atoms. The Kier molecular flexibility index (Phi) is 6.50. The monoisotopic (exact) mass is 370 g/mol. The summed E-state index contributed by atoms with van der Waals surface area (Å²) in [5, 5.41) is 0.713. The first-order valence-corrected chi connectivity index (χ1v) is 9.98. The van der Waals surface area contributed by atoms with Crippen LogP contribution < -0.4 is 0 Å². The van der Waals surface area contributed by atoms with Gasteiger partial charge in [0.2, 0.25) is 0 Å². The van der Waals surface area contributed by atoms with Crippen LogP contribution in [0.3, 0.4) is 0 Å². The van der Waals surface area contributed by atoms with Crippen LogP contribution in [0.2, 0.25) is 5.02 Å². The van der Waals surface area contributed by atoms with E-state index in [9.17, 15) is 4.79 Å². The number of rotatable bonds is 6. The van der Waals surface area contributed by atoms with Gasteiger partial charge in [-0.15, -0.1) is 0 Å². The Bertz CT molecular complexity index is 711. The van der Waals surface area contributed by atoms with Gasteiger partial charge in [0, 0.05) is 16.9 Å². The average molecular weight is 371 g/mol. The molecular weight excluding hydrogens is 344 g/mol. The first-order valence-electron chi connectivity index (χ1n) is 9.60. The Labute approximate surface area is 161 Å². The second kappa shape index (κ2) is 8.83. The lowest BCUT2D eigenvalue weighted by Gasteiger charge is -2.41. The lowest BCUT2D eigenvalue weighted by molar-refractivity contribution is -0.144. The molecule has 1 saturated heterocycles. The lowest BCUT2D eigenvalue weighted by atomic mass is 9.68. The summed E-state index contributed by atoms with van der Waals surface area (Å²) in [6.45, 7) is 4.59. The fourth-order valence-electron chi connectivity index (χ4n) is 4.34. The van der Waals surface area contributed by atoms with Crippen molar-refractivity contribution in [1.29, 1.82) is 0 Å². The molecule has 138 valence electrons. The Morgan fingerprint density at radius 2 is 1.73 bits per heavy atom. The van der Waals surface area contributed by atoms with Gasteiger partial charge in [-0.25, -0.2) is 0 Å². The van der Waals surface area contributed by atoms with E-state index in [-0.39, 0.29) is 30.3 Å². The molecular formula is C23H27ClO2. The average Bonchev–Trinajstić information content (AvgIpc) is 2.67. The van der Waals surface area contributed by atoms with E-state index >= 15 is 0 Å². The zero-order valence-corrected chi connectivity index (χ0v) is 16.3. The number of hydrogen-bond acceptors (Lipinski definition) is 2. The Morgan fingerprint density at radius 3 is 2.35 bits per heavy atom. The summed E-state index contributed by atoms with van der Waals surface area (Å²) in [5.74, 6) is 0.619. The molecule has 1 unspecified atom stereocenters. The molecule has 26 heavy (non-hydrogen) atoms. The van der Waals surface area contributed by atoms with Crippen LogP contribution in [0.1, 0.15) is 56.3 Å². The van der Waals surface area contributed by atoms with Crippen molar-refractivity contribution in [2.45, 2.75) is 45.1 Å². The molecule has 1 aliphatic heterocycles. The fourth-order valence-corrected chi connectivity index (χ4v) is 4.46. The summed E-state index contributed by atoms with van der Waals surface area (Å²) in [5.41, 5.74) is 2.27. The predicted molar refractivity (Wildman–Crippen MR) is 107 cm³/mol. The second-order valence-electron chi connectivity index (χ2n) is 7.17. The number of carbonyl (C=O) groups is 1. The van der Waals surface area contributed by atoms with Gasteiger partial charge in [-0.3, -0.25) is 4.79 Å². The van der Waals surface area contributed by atoms with Crippen molar-refractivity contribution >= 4 is 17.4 Å². The Hall–Kier alpha value is -1.64. The van der Waals surface area contributed by atoms with Crippen molar-refractivity contribution in [1.82, 2.24) is 0 Å². The first kappa shape index (κ1) is 19.1. The van der Waals surface area contributed by atoms with Gasteiger partial charge in [0.15, 0.2) is 5.78 Å². The van der Waals surface area contributed by atoms with Gasteiger partial charge < -0.3 is 4.74 Å². The van der Waals surface area contributed by atoms with E-state index in [4.69, 9.17) is 16.3 Å². The largest absolute Gasteiger partial charge is 0.365 e. The fraction of sp³-hybridized carbons (Fsp3) is 0.435. The summed E-state index contributed by atoms with van der Waals surface area (Å²) in [7, 11) is 0. The highest BCUT2D eigenvalue weighted by Crippen LogP contribution is 2.47. The Morgan fingerprint density at radius 1 is 1.04 bits per heavy atom. The minimum Gasteiger partial charge on any atom is -0.365 e.